The van der Waals surface area contributed by atoms with Crippen molar-refractivity contribution in [1.29, 1.82) is 0 Å². The van der Waals surface area contributed by atoms with Gasteiger partial charge in [-0.15, -0.1) is 0 Å². The first kappa shape index (κ1) is 10.1. The predicted molar refractivity (Wildman–Crippen MR) is 46.8 cm³/mol. The van der Waals surface area contributed by atoms with Crippen molar-refractivity contribution < 1.29 is 13.9 Å². The van der Waals surface area contributed by atoms with Crippen LogP contribution < -0.4 is 0 Å². The van der Waals surface area contributed by atoms with Gasteiger partial charge in [-0.05, 0) is 18.9 Å². The fourth-order valence-corrected chi connectivity index (χ4v) is 1.14. The third kappa shape index (κ3) is 3.11. The molecular formula is C10H12F2O. The second-order valence-corrected chi connectivity index (χ2v) is 3.10. The van der Waals surface area contributed by atoms with Crippen molar-refractivity contribution in [3.8, 4) is 0 Å². The van der Waals surface area contributed by atoms with Gasteiger partial charge >= 0.3 is 0 Å². The van der Waals surface area contributed by atoms with E-state index in [2.05, 4.69) is 0 Å². The SMILES string of the molecule is CC(O)Cc1ccc(C(F)F)cc1. The zero-order valence-electron chi connectivity index (χ0n) is 7.37. The molecule has 0 aliphatic carbocycles. The molecule has 0 radical (unpaired) electrons. The molecule has 1 nitrogen and oxygen atoms in total. The molecule has 0 aliphatic rings. The van der Waals surface area contributed by atoms with E-state index in [0.29, 0.717) is 6.42 Å². The van der Waals surface area contributed by atoms with Crippen LogP contribution in [0, 0.1) is 0 Å². The molecule has 0 bridgehead atoms. The van der Waals surface area contributed by atoms with Gasteiger partial charge in [-0.1, -0.05) is 24.3 Å². The Hall–Kier alpha value is -0.960. The van der Waals surface area contributed by atoms with Crippen LogP contribution in [0.15, 0.2) is 24.3 Å². The van der Waals surface area contributed by atoms with E-state index < -0.39 is 12.5 Å². The molecule has 1 aromatic carbocycles. The monoisotopic (exact) mass is 186 g/mol. The summed E-state index contributed by atoms with van der Waals surface area (Å²) in [5.41, 5.74) is 0.897. The van der Waals surface area contributed by atoms with E-state index in [4.69, 9.17) is 5.11 Å². The van der Waals surface area contributed by atoms with Gasteiger partial charge in [-0.3, -0.25) is 0 Å². The van der Waals surface area contributed by atoms with E-state index in [-0.39, 0.29) is 5.56 Å². The standard InChI is InChI=1S/C10H12F2O/c1-7(13)6-8-2-4-9(5-3-8)10(11)12/h2-5,7,10,13H,6H2,1H3. The molecule has 0 aliphatic heterocycles. The summed E-state index contributed by atoms with van der Waals surface area (Å²) < 4.78 is 24.2. The summed E-state index contributed by atoms with van der Waals surface area (Å²) in [5.74, 6) is 0. The maximum atomic E-state index is 12.1. The maximum Gasteiger partial charge on any atom is 0.263 e. The molecule has 0 fully saturated rings. The summed E-state index contributed by atoms with van der Waals surface area (Å²) in [7, 11) is 0. The van der Waals surface area contributed by atoms with Gasteiger partial charge in [-0.25, -0.2) is 8.78 Å². The molecule has 1 unspecified atom stereocenters. The van der Waals surface area contributed by atoms with Crippen LogP contribution in [0.3, 0.4) is 0 Å². The first-order valence-electron chi connectivity index (χ1n) is 4.14. The number of benzene rings is 1. The lowest BCUT2D eigenvalue weighted by Gasteiger charge is -2.05. The van der Waals surface area contributed by atoms with Crippen molar-refractivity contribution in [1.82, 2.24) is 0 Å². The molecule has 72 valence electrons. The summed E-state index contributed by atoms with van der Waals surface area (Å²) in [6.07, 6.45) is -2.35. The Morgan fingerprint density at radius 3 is 2.15 bits per heavy atom. The van der Waals surface area contributed by atoms with Gasteiger partial charge in [0, 0.05) is 5.56 Å². The zero-order chi connectivity index (χ0) is 9.84. The van der Waals surface area contributed by atoms with Crippen LogP contribution in [0.1, 0.15) is 24.5 Å². The molecule has 3 heteroatoms. The molecule has 0 amide bonds. The highest BCUT2D eigenvalue weighted by Gasteiger charge is 2.06. The summed E-state index contributed by atoms with van der Waals surface area (Å²) in [4.78, 5) is 0. The fraction of sp³-hybridized carbons (Fsp3) is 0.400. The van der Waals surface area contributed by atoms with Crippen molar-refractivity contribution >= 4 is 0 Å². The topological polar surface area (TPSA) is 20.2 Å². The lowest BCUT2D eigenvalue weighted by atomic mass is 10.1. The minimum atomic E-state index is -2.42. The van der Waals surface area contributed by atoms with Crippen LogP contribution >= 0.6 is 0 Å². The minimum Gasteiger partial charge on any atom is -0.393 e. The smallest absolute Gasteiger partial charge is 0.263 e. The van der Waals surface area contributed by atoms with E-state index in [1.165, 1.54) is 12.1 Å². The Morgan fingerprint density at radius 2 is 1.77 bits per heavy atom. The first-order chi connectivity index (χ1) is 6.09. The second kappa shape index (κ2) is 4.33. The molecule has 0 spiro atoms. The third-order valence-corrected chi connectivity index (χ3v) is 1.76. The Labute approximate surface area is 76.0 Å². The first-order valence-corrected chi connectivity index (χ1v) is 4.14. The summed E-state index contributed by atoms with van der Waals surface area (Å²) in [5, 5.41) is 9.04. The molecule has 13 heavy (non-hydrogen) atoms. The molecule has 1 aromatic rings. The van der Waals surface area contributed by atoms with Crippen molar-refractivity contribution in [2.24, 2.45) is 0 Å². The van der Waals surface area contributed by atoms with Crippen LogP contribution in [-0.4, -0.2) is 11.2 Å². The van der Waals surface area contributed by atoms with E-state index >= 15 is 0 Å². The number of aliphatic hydroxyl groups excluding tert-OH is 1. The largest absolute Gasteiger partial charge is 0.393 e. The average Bonchev–Trinajstić information content (AvgIpc) is 2.04. The number of hydrogen-bond donors (Lipinski definition) is 1. The summed E-state index contributed by atoms with van der Waals surface area (Å²) in [6, 6.07) is 6.02. The molecule has 1 atom stereocenters. The predicted octanol–water partition coefficient (Wildman–Crippen LogP) is 2.55. The highest BCUT2D eigenvalue weighted by Crippen LogP contribution is 2.18. The molecule has 0 saturated carbocycles. The molecule has 1 rings (SSSR count). The number of alkyl halides is 2. The van der Waals surface area contributed by atoms with Gasteiger partial charge in [0.2, 0.25) is 0 Å². The Morgan fingerprint density at radius 1 is 1.23 bits per heavy atom. The van der Waals surface area contributed by atoms with Gasteiger partial charge in [0.15, 0.2) is 0 Å². The molecular weight excluding hydrogens is 174 g/mol. The summed E-state index contributed by atoms with van der Waals surface area (Å²) >= 11 is 0. The number of hydrogen-bond acceptors (Lipinski definition) is 1. The van der Waals surface area contributed by atoms with E-state index in [0.717, 1.165) is 5.56 Å². The fourth-order valence-electron chi connectivity index (χ4n) is 1.14. The van der Waals surface area contributed by atoms with Crippen molar-refractivity contribution in [2.75, 3.05) is 0 Å². The van der Waals surface area contributed by atoms with Crippen LogP contribution in [0.5, 0.6) is 0 Å². The van der Waals surface area contributed by atoms with Gasteiger partial charge in [0.05, 0.1) is 6.10 Å². The Kier molecular flexibility index (Phi) is 3.37. The molecule has 0 aromatic heterocycles. The highest BCUT2D eigenvalue weighted by atomic mass is 19.3. The van der Waals surface area contributed by atoms with E-state index in [1.807, 2.05) is 0 Å². The molecule has 0 saturated heterocycles. The lowest BCUT2D eigenvalue weighted by Crippen LogP contribution is -2.03. The molecule has 1 N–H and O–H groups in total. The minimum absolute atomic E-state index is 0.0225. The quantitative estimate of drug-likeness (QED) is 0.769. The van der Waals surface area contributed by atoms with Crippen LogP contribution in [0.4, 0.5) is 8.78 Å². The average molecular weight is 186 g/mol. The van der Waals surface area contributed by atoms with E-state index in [1.54, 1.807) is 19.1 Å². The van der Waals surface area contributed by atoms with Crippen molar-refractivity contribution in [3.05, 3.63) is 35.4 Å². The second-order valence-electron chi connectivity index (χ2n) is 3.10. The molecule has 0 heterocycles. The van der Waals surface area contributed by atoms with Gasteiger partial charge in [-0.2, -0.15) is 0 Å². The van der Waals surface area contributed by atoms with Gasteiger partial charge in [0.1, 0.15) is 0 Å². The van der Waals surface area contributed by atoms with E-state index in [9.17, 15) is 8.78 Å². The van der Waals surface area contributed by atoms with Crippen LogP contribution in [-0.2, 0) is 6.42 Å². The Bertz CT molecular complexity index is 254. The number of halogens is 2. The van der Waals surface area contributed by atoms with Gasteiger partial charge in [0.25, 0.3) is 6.43 Å². The van der Waals surface area contributed by atoms with Crippen LogP contribution in [0.25, 0.3) is 0 Å². The number of rotatable bonds is 3. The zero-order valence-corrected chi connectivity index (χ0v) is 7.37. The van der Waals surface area contributed by atoms with Crippen molar-refractivity contribution in [2.45, 2.75) is 25.9 Å². The normalized spacial score (nSPS) is 13.3. The lowest BCUT2D eigenvalue weighted by molar-refractivity contribution is 0.151. The maximum absolute atomic E-state index is 12.1. The van der Waals surface area contributed by atoms with Gasteiger partial charge < -0.3 is 5.11 Å². The van der Waals surface area contributed by atoms with Crippen LogP contribution in [0.2, 0.25) is 0 Å². The Balaban J connectivity index is 2.70. The highest BCUT2D eigenvalue weighted by molar-refractivity contribution is 5.23. The number of aliphatic hydroxyl groups is 1. The van der Waals surface area contributed by atoms with Crippen molar-refractivity contribution in [3.63, 3.8) is 0 Å². The third-order valence-electron chi connectivity index (χ3n) is 1.76. The summed E-state index contributed by atoms with van der Waals surface area (Å²) in [6.45, 7) is 1.67.